The van der Waals surface area contributed by atoms with Gasteiger partial charge >= 0.3 is 0 Å². The van der Waals surface area contributed by atoms with Crippen molar-refractivity contribution in [3.63, 3.8) is 0 Å². The van der Waals surface area contributed by atoms with Gasteiger partial charge < -0.3 is 10.2 Å². The topological polar surface area (TPSA) is 76.7 Å². The molecule has 0 aliphatic rings. The number of anilines is 1. The van der Waals surface area contributed by atoms with Crippen molar-refractivity contribution in [1.82, 2.24) is 0 Å². The zero-order valence-corrected chi connectivity index (χ0v) is 15.4. The van der Waals surface area contributed by atoms with Crippen LogP contribution in [0.3, 0.4) is 0 Å². The Morgan fingerprint density at radius 3 is 2.56 bits per heavy atom. The number of amides is 1. The van der Waals surface area contributed by atoms with Crippen molar-refractivity contribution in [2.75, 3.05) is 18.9 Å². The van der Waals surface area contributed by atoms with Gasteiger partial charge in [0.2, 0.25) is 0 Å². The third kappa shape index (κ3) is 4.48. The number of quaternary nitrogens is 1. The van der Waals surface area contributed by atoms with Gasteiger partial charge in [-0.05, 0) is 29.3 Å². The number of hydrogen-bond acceptors (Lipinski definition) is 3. The van der Waals surface area contributed by atoms with E-state index in [1.807, 2.05) is 19.2 Å². The minimum absolute atomic E-state index is 0.0875. The van der Waals surface area contributed by atoms with Crippen molar-refractivity contribution in [1.29, 1.82) is 0 Å². The van der Waals surface area contributed by atoms with Gasteiger partial charge in [0.15, 0.2) is 6.54 Å². The Hall–Kier alpha value is -3.25. The predicted molar refractivity (Wildman–Crippen MR) is 106 cm³/mol. The average Bonchev–Trinajstić information content (AvgIpc) is 2.63. The number of nitro benzene ring substituents is 1. The minimum atomic E-state index is -0.478. The number of nitrogens with one attached hydrogen (secondary N) is 2. The van der Waals surface area contributed by atoms with Crippen LogP contribution in [0.25, 0.3) is 10.8 Å². The lowest BCUT2D eigenvalue weighted by atomic mass is 10.1. The highest BCUT2D eigenvalue weighted by Crippen LogP contribution is 2.27. The molecule has 1 unspecified atom stereocenters. The number of nitrogens with zero attached hydrogens (tertiary/aromatic N) is 1. The fourth-order valence-corrected chi connectivity index (χ4v) is 3.18. The fourth-order valence-electron chi connectivity index (χ4n) is 3.18. The van der Waals surface area contributed by atoms with Crippen molar-refractivity contribution < 1.29 is 14.6 Å². The number of carbonyl (C=O) groups excluding carboxylic acids is 1. The van der Waals surface area contributed by atoms with E-state index in [4.69, 9.17) is 0 Å². The molecule has 0 aliphatic heterocycles. The van der Waals surface area contributed by atoms with Gasteiger partial charge in [-0.3, -0.25) is 14.9 Å². The Morgan fingerprint density at radius 1 is 1.07 bits per heavy atom. The molecule has 0 radical (unpaired) electrons. The third-order valence-electron chi connectivity index (χ3n) is 4.49. The van der Waals surface area contributed by atoms with Crippen molar-refractivity contribution in [3.05, 3.63) is 81.9 Å². The molecule has 3 aromatic carbocycles. The first-order valence-corrected chi connectivity index (χ1v) is 8.77. The highest BCUT2D eigenvalue weighted by atomic mass is 16.6. The van der Waals surface area contributed by atoms with Crippen LogP contribution in [-0.2, 0) is 11.3 Å². The first kappa shape index (κ1) is 18.5. The molecule has 6 heteroatoms. The number of hydrogen-bond donors (Lipinski definition) is 2. The molecule has 0 fully saturated rings. The number of rotatable bonds is 6. The normalized spacial score (nSPS) is 11.9. The van der Waals surface area contributed by atoms with E-state index < -0.39 is 4.92 Å². The van der Waals surface area contributed by atoms with Gasteiger partial charge in [-0.15, -0.1) is 0 Å². The summed E-state index contributed by atoms with van der Waals surface area (Å²) < 4.78 is 0. The molecule has 0 aliphatic carbocycles. The van der Waals surface area contributed by atoms with Gasteiger partial charge in [0.1, 0.15) is 12.2 Å². The summed E-state index contributed by atoms with van der Waals surface area (Å²) in [6.07, 6.45) is 0. The van der Waals surface area contributed by atoms with E-state index in [-0.39, 0.29) is 23.8 Å². The highest BCUT2D eigenvalue weighted by Gasteiger charge is 2.19. The Bertz CT molecular complexity index is 1000. The molecule has 2 N–H and O–H groups in total. The van der Waals surface area contributed by atoms with Gasteiger partial charge in [0, 0.05) is 11.6 Å². The zero-order chi connectivity index (χ0) is 19.4. The second kappa shape index (κ2) is 7.97. The molecular weight excluding hydrogens is 342 g/mol. The van der Waals surface area contributed by atoms with Crippen LogP contribution in [0.15, 0.2) is 60.7 Å². The van der Waals surface area contributed by atoms with Crippen LogP contribution in [0.1, 0.15) is 11.1 Å². The van der Waals surface area contributed by atoms with Crippen LogP contribution in [0.4, 0.5) is 11.4 Å². The molecule has 0 bridgehead atoms. The van der Waals surface area contributed by atoms with Crippen molar-refractivity contribution >= 4 is 28.1 Å². The van der Waals surface area contributed by atoms with Crippen LogP contribution in [0.2, 0.25) is 0 Å². The van der Waals surface area contributed by atoms with E-state index in [1.165, 1.54) is 16.8 Å². The Morgan fingerprint density at radius 2 is 1.81 bits per heavy atom. The average molecular weight is 364 g/mol. The summed E-state index contributed by atoms with van der Waals surface area (Å²) in [7, 11) is 1.93. The fraction of sp³-hybridized carbons (Fsp3) is 0.190. The van der Waals surface area contributed by atoms with Crippen LogP contribution in [-0.4, -0.2) is 24.4 Å². The van der Waals surface area contributed by atoms with E-state index in [1.54, 1.807) is 19.1 Å². The van der Waals surface area contributed by atoms with E-state index >= 15 is 0 Å². The monoisotopic (exact) mass is 364 g/mol. The molecule has 0 aromatic heterocycles. The Balaban J connectivity index is 1.66. The minimum Gasteiger partial charge on any atom is -0.326 e. The van der Waals surface area contributed by atoms with E-state index in [9.17, 15) is 14.9 Å². The van der Waals surface area contributed by atoms with Gasteiger partial charge in [-0.25, -0.2) is 0 Å². The van der Waals surface area contributed by atoms with Gasteiger partial charge in [-0.1, -0.05) is 48.5 Å². The lowest BCUT2D eigenvalue weighted by molar-refractivity contribution is -0.885. The number of likely N-dealkylation sites (N-methyl/N-ethyl adjacent to an activating group) is 1. The van der Waals surface area contributed by atoms with Crippen molar-refractivity contribution in [2.24, 2.45) is 0 Å². The molecular formula is C21H22N3O3+. The molecule has 138 valence electrons. The first-order valence-electron chi connectivity index (χ1n) is 8.77. The number of benzene rings is 3. The molecule has 1 amide bonds. The van der Waals surface area contributed by atoms with Gasteiger partial charge in [0.05, 0.1) is 12.0 Å². The molecule has 0 heterocycles. The maximum absolute atomic E-state index is 12.4. The van der Waals surface area contributed by atoms with Gasteiger partial charge in [-0.2, -0.15) is 0 Å². The molecule has 6 nitrogen and oxygen atoms in total. The third-order valence-corrected chi connectivity index (χ3v) is 4.49. The summed E-state index contributed by atoms with van der Waals surface area (Å²) in [4.78, 5) is 24.1. The SMILES string of the molecule is Cc1cccc([N+](=O)[O-])c1NC(=O)C[NH+](C)Cc1ccc2ccccc2c1. The molecule has 0 spiro atoms. The van der Waals surface area contributed by atoms with Crippen molar-refractivity contribution in [3.8, 4) is 0 Å². The van der Waals surface area contributed by atoms with E-state index in [0.717, 1.165) is 10.5 Å². The highest BCUT2D eigenvalue weighted by molar-refractivity contribution is 5.94. The second-order valence-corrected chi connectivity index (χ2v) is 6.77. The molecule has 27 heavy (non-hydrogen) atoms. The molecule has 3 aromatic rings. The van der Waals surface area contributed by atoms with Crippen LogP contribution in [0.5, 0.6) is 0 Å². The molecule has 1 atom stereocenters. The summed E-state index contributed by atoms with van der Waals surface area (Å²) in [6, 6.07) is 19.2. The number of nitro groups is 1. The van der Waals surface area contributed by atoms with Crippen molar-refractivity contribution in [2.45, 2.75) is 13.5 Å². The Kier molecular flexibility index (Phi) is 5.47. The lowest BCUT2D eigenvalue weighted by Crippen LogP contribution is -3.08. The van der Waals surface area contributed by atoms with Gasteiger partial charge in [0.25, 0.3) is 11.6 Å². The summed E-state index contributed by atoms with van der Waals surface area (Å²) in [5, 5.41) is 16.2. The summed E-state index contributed by atoms with van der Waals surface area (Å²) >= 11 is 0. The predicted octanol–water partition coefficient (Wildman–Crippen LogP) is 2.71. The number of fused-ring (bicyclic) bond motifs is 1. The standard InChI is InChI=1S/C21H21N3O3/c1-15-6-5-9-19(24(26)27)21(15)22-20(25)14-23(2)13-16-10-11-17-7-3-4-8-18(17)12-16/h3-12H,13-14H2,1-2H3,(H,22,25)/p+1. The number of carbonyl (C=O) groups is 1. The summed E-state index contributed by atoms with van der Waals surface area (Å²) in [5.74, 6) is -0.245. The first-order chi connectivity index (χ1) is 12.9. The maximum Gasteiger partial charge on any atom is 0.293 e. The molecule has 3 rings (SSSR count). The molecule has 0 saturated heterocycles. The zero-order valence-electron chi connectivity index (χ0n) is 15.4. The van der Waals surface area contributed by atoms with E-state index in [2.05, 4.69) is 35.6 Å². The van der Waals surface area contributed by atoms with Crippen LogP contribution >= 0.6 is 0 Å². The summed E-state index contributed by atoms with van der Waals surface area (Å²) in [6.45, 7) is 2.65. The van der Waals surface area contributed by atoms with E-state index in [0.29, 0.717) is 12.1 Å². The van der Waals surface area contributed by atoms with Crippen LogP contribution < -0.4 is 10.2 Å². The maximum atomic E-state index is 12.4. The number of aryl methyl sites for hydroxylation is 1. The Labute approximate surface area is 157 Å². The van der Waals surface area contributed by atoms with Crippen LogP contribution in [0, 0.1) is 17.0 Å². The lowest BCUT2D eigenvalue weighted by Gasteiger charge is -2.15. The quantitative estimate of drug-likeness (QED) is 0.522. The largest absolute Gasteiger partial charge is 0.326 e. The molecule has 0 saturated carbocycles. The second-order valence-electron chi connectivity index (χ2n) is 6.77. The summed E-state index contributed by atoms with van der Waals surface area (Å²) in [5.41, 5.74) is 1.99. The smallest absolute Gasteiger partial charge is 0.293 e. The number of para-hydroxylation sites is 1.